The maximum atomic E-state index is 13.7. The molecule has 3 atom stereocenters. The number of hydrogen-bond acceptors (Lipinski definition) is 2. The molecule has 2 rings (SSSR count). The Labute approximate surface area is 95.6 Å². The van der Waals surface area contributed by atoms with Crippen molar-refractivity contribution in [1.82, 2.24) is 0 Å². The standard InChI is InChI=1S/C13H18FNO/c1-8-3-4-12(14)11(7-8)13(15)10-5-6-16-9(10)2/h3-4,7,9-10,13H,5-6,15H2,1-2H3. The third-order valence-electron chi connectivity index (χ3n) is 3.41. The highest BCUT2D eigenvalue weighted by Gasteiger charge is 2.31. The molecule has 3 heteroatoms. The van der Waals surface area contributed by atoms with Gasteiger partial charge in [0, 0.05) is 24.1 Å². The Kier molecular flexibility index (Phi) is 3.26. The van der Waals surface area contributed by atoms with E-state index in [4.69, 9.17) is 10.5 Å². The number of nitrogens with two attached hydrogens (primary N) is 1. The fraction of sp³-hybridized carbons (Fsp3) is 0.538. The first-order valence-corrected chi connectivity index (χ1v) is 5.73. The van der Waals surface area contributed by atoms with Gasteiger partial charge in [0.15, 0.2) is 0 Å². The van der Waals surface area contributed by atoms with Crippen LogP contribution < -0.4 is 5.73 Å². The molecule has 1 aromatic rings. The van der Waals surface area contributed by atoms with Crippen LogP contribution >= 0.6 is 0 Å². The van der Waals surface area contributed by atoms with E-state index >= 15 is 0 Å². The lowest BCUT2D eigenvalue weighted by molar-refractivity contribution is 0.0992. The Balaban J connectivity index is 2.25. The molecule has 1 aromatic carbocycles. The van der Waals surface area contributed by atoms with E-state index in [0.717, 1.165) is 18.6 Å². The highest BCUT2D eigenvalue weighted by atomic mass is 19.1. The third-order valence-corrected chi connectivity index (χ3v) is 3.41. The minimum Gasteiger partial charge on any atom is -0.378 e. The molecule has 0 saturated carbocycles. The summed E-state index contributed by atoms with van der Waals surface area (Å²) in [6, 6.07) is 4.83. The number of benzene rings is 1. The number of aryl methyl sites for hydroxylation is 1. The first kappa shape index (κ1) is 11.6. The van der Waals surface area contributed by atoms with E-state index in [1.807, 2.05) is 19.9 Å². The molecule has 1 heterocycles. The monoisotopic (exact) mass is 223 g/mol. The van der Waals surface area contributed by atoms with Crippen LogP contribution in [0.4, 0.5) is 4.39 Å². The molecule has 0 aliphatic carbocycles. The maximum Gasteiger partial charge on any atom is 0.128 e. The molecule has 1 aliphatic rings. The van der Waals surface area contributed by atoms with Crippen LogP contribution in [0.5, 0.6) is 0 Å². The van der Waals surface area contributed by atoms with Crippen LogP contribution in [0.2, 0.25) is 0 Å². The van der Waals surface area contributed by atoms with Gasteiger partial charge in [-0.05, 0) is 26.3 Å². The van der Waals surface area contributed by atoms with Crippen molar-refractivity contribution < 1.29 is 9.13 Å². The summed E-state index contributed by atoms with van der Waals surface area (Å²) in [7, 11) is 0. The molecule has 2 N–H and O–H groups in total. The third kappa shape index (κ3) is 2.11. The van der Waals surface area contributed by atoms with Crippen molar-refractivity contribution in [2.24, 2.45) is 11.7 Å². The Morgan fingerprint density at radius 1 is 1.50 bits per heavy atom. The Bertz CT molecular complexity index is 380. The van der Waals surface area contributed by atoms with Gasteiger partial charge < -0.3 is 10.5 Å². The molecule has 0 spiro atoms. The average Bonchev–Trinajstić information content (AvgIpc) is 2.67. The largest absolute Gasteiger partial charge is 0.378 e. The quantitative estimate of drug-likeness (QED) is 0.836. The van der Waals surface area contributed by atoms with Gasteiger partial charge in [-0.25, -0.2) is 4.39 Å². The summed E-state index contributed by atoms with van der Waals surface area (Å²) in [5.74, 6) is 0.00787. The van der Waals surface area contributed by atoms with Gasteiger partial charge in [-0.1, -0.05) is 17.7 Å². The van der Waals surface area contributed by atoms with E-state index in [0.29, 0.717) is 5.56 Å². The molecule has 1 aliphatic heterocycles. The first-order valence-electron chi connectivity index (χ1n) is 5.73. The van der Waals surface area contributed by atoms with Crippen molar-refractivity contribution in [3.63, 3.8) is 0 Å². The van der Waals surface area contributed by atoms with Gasteiger partial charge in [0.05, 0.1) is 6.10 Å². The van der Waals surface area contributed by atoms with Crippen LogP contribution in [0.25, 0.3) is 0 Å². The van der Waals surface area contributed by atoms with Crippen LogP contribution in [0.15, 0.2) is 18.2 Å². The maximum absolute atomic E-state index is 13.7. The van der Waals surface area contributed by atoms with E-state index in [2.05, 4.69) is 0 Å². The zero-order valence-corrected chi connectivity index (χ0v) is 9.74. The molecule has 0 amide bonds. The topological polar surface area (TPSA) is 35.2 Å². The van der Waals surface area contributed by atoms with Crippen LogP contribution in [0.3, 0.4) is 0 Å². The molecule has 0 radical (unpaired) electrons. The molecule has 1 fully saturated rings. The van der Waals surface area contributed by atoms with Crippen LogP contribution in [0.1, 0.15) is 30.5 Å². The molecule has 1 saturated heterocycles. The second kappa shape index (κ2) is 4.52. The lowest BCUT2D eigenvalue weighted by atomic mass is 9.88. The minimum absolute atomic E-state index is 0.120. The van der Waals surface area contributed by atoms with Crippen molar-refractivity contribution in [3.8, 4) is 0 Å². The first-order chi connectivity index (χ1) is 7.59. The predicted molar refractivity (Wildman–Crippen MR) is 61.6 cm³/mol. The van der Waals surface area contributed by atoms with Crippen LogP contribution in [-0.2, 0) is 4.74 Å². The molecule has 88 valence electrons. The van der Waals surface area contributed by atoms with Crippen molar-refractivity contribution >= 4 is 0 Å². The van der Waals surface area contributed by atoms with Gasteiger partial charge in [0.1, 0.15) is 5.82 Å². The van der Waals surface area contributed by atoms with Gasteiger partial charge >= 0.3 is 0 Å². The molecular formula is C13H18FNO. The Morgan fingerprint density at radius 3 is 2.88 bits per heavy atom. The van der Waals surface area contributed by atoms with E-state index in [-0.39, 0.29) is 23.9 Å². The number of hydrogen-bond donors (Lipinski definition) is 1. The summed E-state index contributed by atoms with van der Waals surface area (Å²) < 4.78 is 19.2. The fourth-order valence-electron chi connectivity index (χ4n) is 2.37. The highest BCUT2D eigenvalue weighted by Crippen LogP contribution is 2.32. The van der Waals surface area contributed by atoms with Crippen molar-refractivity contribution in [1.29, 1.82) is 0 Å². The summed E-state index contributed by atoms with van der Waals surface area (Å²) in [5.41, 5.74) is 7.79. The fourth-order valence-corrected chi connectivity index (χ4v) is 2.37. The number of ether oxygens (including phenoxy) is 1. The van der Waals surface area contributed by atoms with E-state index in [1.54, 1.807) is 6.07 Å². The summed E-state index contributed by atoms with van der Waals surface area (Å²) in [6.07, 6.45) is 1.03. The van der Waals surface area contributed by atoms with Crippen molar-refractivity contribution in [2.75, 3.05) is 6.61 Å². The lowest BCUT2D eigenvalue weighted by Gasteiger charge is -2.23. The van der Waals surface area contributed by atoms with Gasteiger partial charge in [-0.2, -0.15) is 0 Å². The van der Waals surface area contributed by atoms with E-state index < -0.39 is 0 Å². The van der Waals surface area contributed by atoms with Gasteiger partial charge in [0.2, 0.25) is 0 Å². The van der Waals surface area contributed by atoms with Crippen molar-refractivity contribution in [3.05, 3.63) is 35.1 Å². The minimum atomic E-state index is -0.266. The SMILES string of the molecule is Cc1ccc(F)c(C(N)C2CCOC2C)c1. The van der Waals surface area contributed by atoms with Gasteiger partial charge in [-0.3, -0.25) is 0 Å². The molecule has 0 bridgehead atoms. The predicted octanol–water partition coefficient (Wildman–Crippen LogP) is 2.56. The van der Waals surface area contributed by atoms with Gasteiger partial charge in [-0.15, -0.1) is 0 Å². The Morgan fingerprint density at radius 2 is 2.25 bits per heavy atom. The average molecular weight is 223 g/mol. The van der Waals surface area contributed by atoms with Crippen LogP contribution in [0, 0.1) is 18.7 Å². The van der Waals surface area contributed by atoms with Crippen molar-refractivity contribution in [2.45, 2.75) is 32.4 Å². The summed E-state index contributed by atoms with van der Waals surface area (Å²) in [6.45, 7) is 4.68. The summed E-state index contributed by atoms with van der Waals surface area (Å²) >= 11 is 0. The molecule has 0 aromatic heterocycles. The second-order valence-electron chi connectivity index (χ2n) is 4.58. The zero-order valence-electron chi connectivity index (χ0n) is 9.74. The van der Waals surface area contributed by atoms with E-state index in [9.17, 15) is 4.39 Å². The zero-order chi connectivity index (χ0) is 11.7. The summed E-state index contributed by atoms with van der Waals surface area (Å²) in [5, 5.41) is 0. The molecule has 3 unspecified atom stereocenters. The molecule has 16 heavy (non-hydrogen) atoms. The molecular weight excluding hydrogens is 205 g/mol. The Hall–Kier alpha value is -0.930. The van der Waals surface area contributed by atoms with Gasteiger partial charge in [0.25, 0.3) is 0 Å². The number of rotatable bonds is 2. The molecule has 2 nitrogen and oxygen atoms in total. The second-order valence-corrected chi connectivity index (χ2v) is 4.58. The smallest absolute Gasteiger partial charge is 0.128 e. The van der Waals surface area contributed by atoms with E-state index in [1.165, 1.54) is 6.07 Å². The highest BCUT2D eigenvalue weighted by molar-refractivity contribution is 5.27. The lowest BCUT2D eigenvalue weighted by Crippen LogP contribution is -2.27. The van der Waals surface area contributed by atoms with Crippen LogP contribution in [-0.4, -0.2) is 12.7 Å². The normalized spacial score (nSPS) is 27.0. The number of halogens is 1. The summed E-state index contributed by atoms with van der Waals surface area (Å²) in [4.78, 5) is 0.